The summed E-state index contributed by atoms with van der Waals surface area (Å²) in [4.78, 5) is 25.0. The quantitative estimate of drug-likeness (QED) is 0.0203. The van der Waals surface area contributed by atoms with Crippen LogP contribution in [0.1, 0.15) is 174 Å². The number of quaternary nitrogens is 1. The molecule has 0 bridgehead atoms. The Bertz CT molecular complexity index is 931. The third-order valence-electron chi connectivity index (χ3n) is 8.96. The van der Waals surface area contributed by atoms with Crippen LogP contribution in [0, 0.1) is 0 Å². The molecular formula is C43H82NO7P. The van der Waals surface area contributed by atoms with Crippen LogP contribution in [-0.4, -0.2) is 70.7 Å². The Labute approximate surface area is 321 Å². The summed E-state index contributed by atoms with van der Waals surface area (Å²) in [5.74, 6) is -0.350. The molecule has 2 atom stereocenters. The topological polar surface area (TPSA) is 94.1 Å². The van der Waals surface area contributed by atoms with Crippen molar-refractivity contribution < 1.29 is 37.3 Å². The molecule has 0 aliphatic heterocycles. The van der Waals surface area contributed by atoms with Crippen LogP contribution < -0.4 is 4.89 Å². The number of phosphoric acid groups is 1. The van der Waals surface area contributed by atoms with Crippen molar-refractivity contribution in [3.63, 3.8) is 0 Å². The minimum atomic E-state index is -4.52. The van der Waals surface area contributed by atoms with Crippen LogP contribution in [0.15, 0.2) is 36.5 Å². The Morgan fingerprint density at radius 2 is 1.12 bits per heavy atom. The summed E-state index contributed by atoms with van der Waals surface area (Å²) in [7, 11) is 1.34. The number of allylic oxidation sites excluding steroid dienone is 6. The molecule has 0 aliphatic rings. The lowest BCUT2D eigenvalue weighted by Gasteiger charge is -2.28. The summed E-state index contributed by atoms with van der Waals surface area (Å²) in [6, 6.07) is 0. The minimum absolute atomic E-state index is 0.0231. The lowest BCUT2D eigenvalue weighted by atomic mass is 10.0. The predicted molar refractivity (Wildman–Crippen MR) is 217 cm³/mol. The van der Waals surface area contributed by atoms with Crippen molar-refractivity contribution in [2.45, 2.75) is 180 Å². The van der Waals surface area contributed by atoms with Gasteiger partial charge < -0.3 is 27.9 Å². The number of ether oxygens (including phenoxy) is 2. The van der Waals surface area contributed by atoms with E-state index in [-0.39, 0.29) is 25.8 Å². The molecule has 0 aromatic rings. The highest BCUT2D eigenvalue weighted by molar-refractivity contribution is 7.45. The smallest absolute Gasteiger partial charge is 0.306 e. The second-order valence-corrected chi connectivity index (χ2v) is 16.7. The van der Waals surface area contributed by atoms with Crippen LogP contribution in [0.2, 0.25) is 0 Å². The fourth-order valence-corrected chi connectivity index (χ4v) is 6.41. The summed E-state index contributed by atoms with van der Waals surface area (Å²) in [5.41, 5.74) is 0. The van der Waals surface area contributed by atoms with E-state index in [1.807, 2.05) is 21.1 Å². The molecular weight excluding hydrogens is 673 g/mol. The first-order valence-corrected chi connectivity index (χ1v) is 22.7. The van der Waals surface area contributed by atoms with E-state index in [4.69, 9.17) is 18.5 Å². The molecule has 2 unspecified atom stereocenters. The molecule has 0 aromatic heterocycles. The highest BCUT2D eigenvalue weighted by Gasteiger charge is 2.20. The van der Waals surface area contributed by atoms with Crippen LogP contribution in [-0.2, 0) is 27.9 Å². The maximum atomic E-state index is 12.6. The number of hydrogen-bond acceptors (Lipinski definition) is 7. The third kappa shape index (κ3) is 39.9. The number of likely N-dealkylation sites (N-methyl/N-ethyl adjacent to an activating group) is 1. The maximum absolute atomic E-state index is 12.6. The van der Waals surface area contributed by atoms with Gasteiger partial charge in [-0.3, -0.25) is 9.36 Å². The molecule has 0 heterocycles. The number of nitrogens with zero attached hydrogens (tertiary/aromatic N) is 1. The van der Waals surface area contributed by atoms with E-state index in [0.717, 1.165) is 70.6 Å². The molecule has 9 heteroatoms. The van der Waals surface area contributed by atoms with Crippen molar-refractivity contribution in [2.75, 3.05) is 54.1 Å². The van der Waals surface area contributed by atoms with E-state index in [1.54, 1.807) is 0 Å². The van der Waals surface area contributed by atoms with Crippen molar-refractivity contribution in [3.05, 3.63) is 36.5 Å². The maximum Gasteiger partial charge on any atom is 0.306 e. The zero-order valence-corrected chi connectivity index (χ0v) is 35.4. The molecule has 0 N–H and O–H groups in total. The van der Waals surface area contributed by atoms with Crippen LogP contribution in [0.5, 0.6) is 0 Å². The molecule has 0 saturated heterocycles. The molecule has 0 amide bonds. The standard InChI is InChI=1S/C43H82NO7P/c1-6-8-10-12-14-16-18-20-22-24-26-28-30-32-34-36-43(45)51-42(41-50-52(46,47)49-39-37-44(3,4)5)40-48-38-35-33-31-29-27-25-23-21-19-17-15-13-11-9-7-2/h8,10,14,16,20,22,42H,6-7,9,11-13,15,17-19,21,23-41H2,1-5H3/b10-8-,16-14-,22-20-. The molecule has 0 radical (unpaired) electrons. The van der Waals surface area contributed by atoms with Crippen LogP contribution in [0.3, 0.4) is 0 Å². The Balaban J connectivity index is 4.27. The van der Waals surface area contributed by atoms with E-state index in [0.29, 0.717) is 24.1 Å². The lowest BCUT2D eigenvalue weighted by Crippen LogP contribution is -2.37. The zero-order chi connectivity index (χ0) is 38.4. The molecule has 0 aromatic carbocycles. The van der Waals surface area contributed by atoms with Crippen molar-refractivity contribution in [1.82, 2.24) is 0 Å². The number of carbonyl (C=O) groups excluding carboxylic acids is 1. The van der Waals surface area contributed by atoms with Crippen LogP contribution in [0.4, 0.5) is 0 Å². The second kappa shape index (κ2) is 36.7. The van der Waals surface area contributed by atoms with Gasteiger partial charge in [0.1, 0.15) is 19.3 Å². The monoisotopic (exact) mass is 756 g/mol. The van der Waals surface area contributed by atoms with Gasteiger partial charge >= 0.3 is 5.97 Å². The van der Waals surface area contributed by atoms with Gasteiger partial charge in [0.2, 0.25) is 0 Å². The number of unbranched alkanes of at least 4 members (excludes halogenated alkanes) is 19. The average Bonchev–Trinajstić information content (AvgIpc) is 3.09. The van der Waals surface area contributed by atoms with Gasteiger partial charge in [-0.15, -0.1) is 0 Å². The van der Waals surface area contributed by atoms with E-state index in [9.17, 15) is 14.3 Å². The fourth-order valence-electron chi connectivity index (χ4n) is 5.68. The predicted octanol–water partition coefficient (Wildman–Crippen LogP) is 11.6. The molecule has 52 heavy (non-hydrogen) atoms. The van der Waals surface area contributed by atoms with Gasteiger partial charge in [-0.1, -0.05) is 159 Å². The van der Waals surface area contributed by atoms with Crippen molar-refractivity contribution in [1.29, 1.82) is 0 Å². The van der Waals surface area contributed by atoms with E-state index < -0.39 is 13.9 Å². The van der Waals surface area contributed by atoms with E-state index >= 15 is 0 Å². The SMILES string of the molecule is CC/C=C\C/C=C\C/C=C\CCCCCCCC(=O)OC(COCCCCCCCCCCCCCCCCC)COP(=O)([O-])OCC[N+](C)(C)C. The summed E-state index contributed by atoms with van der Waals surface area (Å²) in [5, 5.41) is 0. The van der Waals surface area contributed by atoms with Crippen LogP contribution in [0.25, 0.3) is 0 Å². The number of hydrogen-bond donors (Lipinski definition) is 0. The van der Waals surface area contributed by atoms with Crippen molar-refractivity contribution in [2.24, 2.45) is 0 Å². The zero-order valence-electron chi connectivity index (χ0n) is 34.5. The molecule has 0 spiro atoms. The summed E-state index contributed by atoms with van der Waals surface area (Å²) in [6.45, 7) is 5.29. The largest absolute Gasteiger partial charge is 0.756 e. The number of rotatable bonds is 39. The van der Waals surface area contributed by atoms with Gasteiger partial charge in [0, 0.05) is 13.0 Å². The Morgan fingerprint density at radius 1 is 0.615 bits per heavy atom. The number of phosphoric ester groups is 1. The van der Waals surface area contributed by atoms with Gasteiger partial charge in [0.25, 0.3) is 7.82 Å². The molecule has 0 fully saturated rings. The fraction of sp³-hybridized carbons (Fsp3) is 0.837. The van der Waals surface area contributed by atoms with Crippen molar-refractivity contribution >= 4 is 13.8 Å². The first-order valence-electron chi connectivity index (χ1n) is 21.2. The number of carbonyl (C=O) groups is 1. The van der Waals surface area contributed by atoms with Gasteiger partial charge in [-0.05, 0) is 44.9 Å². The van der Waals surface area contributed by atoms with Gasteiger partial charge in [-0.25, -0.2) is 0 Å². The first kappa shape index (κ1) is 50.7. The molecule has 306 valence electrons. The van der Waals surface area contributed by atoms with Gasteiger partial charge in [-0.2, -0.15) is 0 Å². The first-order chi connectivity index (χ1) is 25.1. The highest BCUT2D eigenvalue weighted by atomic mass is 31.2. The Kier molecular flexibility index (Phi) is 35.8. The third-order valence-corrected chi connectivity index (χ3v) is 9.92. The van der Waals surface area contributed by atoms with E-state index in [1.165, 1.54) is 83.5 Å². The highest BCUT2D eigenvalue weighted by Crippen LogP contribution is 2.38. The second-order valence-electron chi connectivity index (χ2n) is 15.3. The molecule has 8 nitrogen and oxygen atoms in total. The van der Waals surface area contributed by atoms with E-state index in [2.05, 4.69) is 50.3 Å². The number of esters is 1. The van der Waals surface area contributed by atoms with Crippen LogP contribution >= 0.6 is 7.82 Å². The van der Waals surface area contributed by atoms with Gasteiger partial charge in [0.15, 0.2) is 0 Å². The molecule has 0 saturated carbocycles. The lowest BCUT2D eigenvalue weighted by molar-refractivity contribution is -0.870. The molecule has 0 aliphatic carbocycles. The summed E-state index contributed by atoms with van der Waals surface area (Å²) >= 11 is 0. The molecule has 0 rings (SSSR count). The normalized spacial score (nSPS) is 14.2. The summed E-state index contributed by atoms with van der Waals surface area (Å²) in [6.07, 6.45) is 41.5. The minimum Gasteiger partial charge on any atom is -0.756 e. The summed E-state index contributed by atoms with van der Waals surface area (Å²) < 4.78 is 34.5. The Morgan fingerprint density at radius 3 is 1.67 bits per heavy atom. The average molecular weight is 756 g/mol. The van der Waals surface area contributed by atoms with Gasteiger partial charge in [0.05, 0.1) is 34.4 Å². The van der Waals surface area contributed by atoms with Crippen molar-refractivity contribution in [3.8, 4) is 0 Å². The Hall–Kier alpha value is -1.28.